The lowest BCUT2D eigenvalue weighted by molar-refractivity contribution is -0.136. The van der Waals surface area contributed by atoms with Crippen molar-refractivity contribution in [2.24, 2.45) is 14.1 Å². The molecule has 8 nitrogen and oxygen atoms in total. The summed E-state index contributed by atoms with van der Waals surface area (Å²) < 4.78 is 17.1. The van der Waals surface area contributed by atoms with Gasteiger partial charge in [0.15, 0.2) is 16.3 Å². The molecule has 0 saturated carbocycles. The van der Waals surface area contributed by atoms with E-state index in [9.17, 15) is 18.8 Å². The van der Waals surface area contributed by atoms with Crippen LogP contribution in [0.5, 0.6) is 0 Å². The van der Waals surface area contributed by atoms with Gasteiger partial charge in [0.05, 0.1) is 13.0 Å². The smallest absolute Gasteiger partial charge is 0.332 e. The molecule has 0 spiro atoms. The van der Waals surface area contributed by atoms with E-state index in [1.807, 2.05) is 0 Å². The van der Waals surface area contributed by atoms with E-state index in [1.165, 1.54) is 42.6 Å². The van der Waals surface area contributed by atoms with Gasteiger partial charge in [-0.3, -0.25) is 18.7 Å². The summed E-state index contributed by atoms with van der Waals surface area (Å²) in [5.74, 6) is -1.05. The molecule has 0 atom stereocenters. The monoisotopic (exact) mass is 392 g/mol. The number of imidazole rings is 1. The van der Waals surface area contributed by atoms with Crippen LogP contribution in [0.2, 0.25) is 0 Å². The minimum atomic E-state index is -0.938. The SMILES string of the molecule is Cn1c(=O)c2c(nc(SCCC(=O)O)n2Cc2ccc(F)cc2)n(C)c1=O. The molecule has 3 rings (SSSR count). The van der Waals surface area contributed by atoms with Crippen LogP contribution >= 0.6 is 11.8 Å². The Labute approximate surface area is 156 Å². The van der Waals surface area contributed by atoms with E-state index in [2.05, 4.69) is 4.98 Å². The number of nitrogens with zero attached hydrogens (tertiary/aromatic N) is 4. The number of carboxylic acids is 1. The van der Waals surface area contributed by atoms with Gasteiger partial charge in [-0.1, -0.05) is 23.9 Å². The first kappa shape index (κ1) is 18.9. The number of halogens is 1. The molecule has 0 aliphatic heterocycles. The number of hydrogen-bond acceptors (Lipinski definition) is 5. The Kier molecular flexibility index (Phi) is 5.17. The van der Waals surface area contributed by atoms with Crippen molar-refractivity contribution >= 4 is 28.9 Å². The fourth-order valence-corrected chi connectivity index (χ4v) is 3.61. The number of aliphatic carboxylic acids is 1. The number of aryl methyl sites for hydroxylation is 1. The summed E-state index contributed by atoms with van der Waals surface area (Å²) in [5, 5.41) is 9.27. The molecule has 27 heavy (non-hydrogen) atoms. The number of aromatic nitrogens is 4. The van der Waals surface area contributed by atoms with Crippen molar-refractivity contribution in [2.45, 2.75) is 18.1 Å². The number of thioether (sulfide) groups is 1. The van der Waals surface area contributed by atoms with Crippen LogP contribution in [0.1, 0.15) is 12.0 Å². The van der Waals surface area contributed by atoms with E-state index >= 15 is 0 Å². The zero-order chi connectivity index (χ0) is 19.7. The maximum Gasteiger partial charge on any atom is 0.332 e. The molecule has 0 fully saturated rings. The quantitative estimate of drug-likeness (QED) is 0.633. The molecule has 2 heterocycles. The Morgan fingerprint density at radius 2 is 1.85 bits per heavy atom. The molecule has 0 aliphatic rings. The average Bonchev–Trinajstić information content (AvgIpc) is 2.98. The predicted octanol–water partition coefficient (Wildman–Crippen LogP) is 1.19. The Morgan fingerprint density at radius 1 is 1.19 bits per heavy atom. The molecule has 0 aliphatic carbocycles. The van der Waals surface area contributed by atoms with Gasteiger partial charge >= 0.3 is 11.7 Å². The summed E-state index contributed by atoms with van der Waals surface area (Å²) in [5.41, 5.74) is 0.213. The van der Waals surface area contributed by atoms with Crippen molar-refractivity contribution in [3.63, 3.8) is 0 Å². The van der Waals surface area contributed by atoms with E-state index in [-0.39, 0.29) is 35.7 Å². The Hall–Kier alpha value is -2.88. The lowest BCUT2D eigenvalue weighted by Gasteiger charge is -2.09. The maximum atomic E-state index is 13.2. The number of hydrogen-bond donors (Lipinski definition) is 1. The van der Waals surface area contributed by atoms with Crippen molar-refractivity contribution in [3.8, 4) is 0 Å². The molecule has 142 valence electrons. The van der Waals surface area contributed by atoms with Crippen molar-refractivity contribution in [1.29, 1.82) is 0 Å². The molecule has 3 aromatic rings. The number of benzene rings is 1. The summed E-state index contributed by atoms with van der Waals surface area (Å²) in [6.07, 6.45) is -0.0681. The molecule has 1 aromatic carbocycles. The van der Waals surface area contributed by atoms with Gasteiger partial charge in [-0.05, 0) is 17.7 Å². The van der Waals surface area contributed by atoms with E-state index in [0.29, 0.717) is 5.16 Å². The standard InChI is InChI=1S/C17H17FN4O4S/c1-20-14-13(15(25)21(2)17(20)26)22(9-10-3-5-11(18)6-4-10)16(19-14)27-8-7-12(23)24/h3-6H,7-9H2,1-2H3,(H,23,24). The Morgan fingerprint density at radius 3 is 2.48 bits per heavy atom. The molecule has 0 amide bonds. The van der Waals surface area contributed by atoms with Crippen LogP contribution in [0.25, 0.3) is 11.2 Å². The van der Waals surface area contributed by atoms with Crippen LogP contribution in [-0.4, -0.2) is 35.5 Å². The third-order valence-corrected chi connectivity index (χ3v) is 5.09. The van der Waals surface area contributed by atoms with Crippen LogP contribution in [-0.2, 0) is 25.4 Å². The highest BCUT2D eigenvalue weighted by molar-refractivity contribution is 7.99. The normalized spacial score (nSPS) is 11.2. The Balaban J connectivity index is 2.16. The van der Waals surface area contributed by atoms with Gasteiger partial charge in [0.1, 0.15) is 5.82 Å². The van der Waals surface area contributed by atoms with Crippen LogP contribution in [0.15, 0.2) is 39.0 Å². The summed E-state index contributed by atoms with van der Waals surface area (Å²) >= 11 is 1.19. The zero-order valence-corrected chi connectivity index (χ0v) is 15.5. The van der Waals surface area contributed by atoms with E-state index in [0.717, 1.165) is 10.1 Å². The molecule has 0 saturated heterocycles. The highest BCUT2D eigenvalue weighted by atomic mass is 32.2. The molecular weight excluding hydrogens is 375 g/mol. The molecule has 1 N–H and O–H groups in total. The van der Waals surface area contributed by atoms with Crippen molar-refractivity contribution in [1.82, 2.24) is 18.7 Å². The highest BCUT2D eigenvalue weighted by Gasteiger charge is 2.19. The number of carboxylic acid groups (broad SMARTS) is 1. The van der Waals surface area contributed by atoms with Gasteiger partial charge in [0.2, 0.25) is 0 Å². The topological polar surface area (TPSA) is 99.1 Å². The molecule has 0 bridgehead atoms. The molecular formula is C17H17FN4O4S. The third kappa shape index (κ3) is 3.65. The van der Waals surface area contributed by atoms with Gasteiger partial charge in [-0.2, -0.15) is 0 Å². The number of fused-ring (bicyclic) bond motifs is 1. The van der Waals surface area contributed by atoms with Crippen LogP contribution in [0, 0.1) is 5.82 Å². The summed E-state index contributed by atoms with van der Waals surface area (Å²) in [6, 6.07) is 5.83. The number of rotatable bonds is 6. The second-order valence-electron chi connectivity index (χ2n) is 5.98. The first-order chi connectivity index (χ1) is 12.8. The second kappa shape index (κ2) is 7.39. The lowest BCUT2D eigenvalue weighted by atomic mass is 10.2. The zero-order valence-electron chi connectivity index (χ0n) is 14.7. The first-order valence-corrected chi connectivity index (χ1v) is 9.03. The summed E-state index contributed by atoms with van der Waals surface area (Å²) in [7, 11) is 2.90. The fraction of sp³-hybridized carbons (Fsp3) is 0.294. The second-order valence-corrected chi connectivity index (χ2v) is 7.04. The van der Waals surface area contributed by atoms with E-state index < -0.39 is 17.2 Å². The molecule has 10 heteroatoms. The van der Waals surface area contributed by atoms with Crippen LogP contribution in [0.3, 0.4) is 0 Å². The number of carbonyl (C=O) groups is 1. The van der Waals surface area contributed by atoms with E-state index in [1.54, 1.807) is 16.7 Å². The van der Waals surface area contributed by atoms with Crippen molar-refractivity contribution < 1.29 is 14.3 Å². The highest BCUT2D eigenvalue weighted by Crippen LogP contribution is 2.23. The maximum absolute atomic E-state index is 13.2. The van der Waals surface area contributed by atoms with Crippen LogP contribution < -0.4 is 11.2 Å². The largest absolute Gasteiger partial charge is 0.481 e. The Bertz CT molecular complexity index is 1130. The molecule has 0 unspecified atom stereocenters. The van der Waals surface area contributed by atoms with E-state index in [4.69, 9.17) is 5.11 Å². The van der Waals surface area contributed by atoms with Crippen molar-refractivity contribution in [2.75, 3.05) is 5.75 Å². The summed E-state index contributed by atoms with van der Waals surface area (Å²) in [6.45, 7) is 0.236. The minimum absolute atomic E-state index is 0.0681. The van der Waals surface area contributed by atoms with Crippen LogP contribution in [0.4, 0.5) is 4.39 Å². The van der Waals surface area contributed by atoms with Gasteiger partial charge in [-0.25, -0.2) is 14.2 Å². The van der Waals surface area contributed by atoms with Gasteiger partial charge in [0, 0.05) is 19.8 Å². The average molecular weight is 392 g/mol. The summed E-state index contributed by atoms with van der Waals surface area (Å²) in [4.78, 5) is 40.0. The van der Waals surface area contributed by atoms with Gasteiger partial charge in [0.25, 0.3) is 5.56 Å². The lowest BCUT2D eigenvalue weighted by Crippen LogP contribution is -2.37. The fourth-order valence-electron chi connectivity index (χ4n) is 2.69. The van der Waals surface area contributed by atoms with Gasteiger partial charge < -0.3 is 9.67 Å². The first-order valence-electron chi connectivity index (χ1n) is 8.05. The third-order valence-electron chi connectivity index (χ3n) is 4.11. The molecule has 0 radical (unpaired) electrons. The van der Waals surface area contributed by atoms with Crippen molar-refractivity contribution in [3.05, 3.63) is 56.5 Å². The van der Waals surface area contributed by atoms with Gasteiger partial charge in [-0.15, -0.1) is 0 Å². The predicted molar refractivity (Wildman–Crippen MR) is 98.7 cm³/mol. The minimum Gasteiger partial charge on any atom is -0.481 e. The molecule has 2 aromatic heterocycles.